The van der Waals surface area contributed by atoms with Crippen LogP contribution in [0.4, 0.5) is 0 Å². The van der Waals surface area contributed by atoms with Gasteiger partial charge in [0.05, 0.1) is 6.26 Å². The Hall–Kier alpha value is -2.03. The summed E-state index contributed by atoms with van der Waals surface area (Å²) in [5.74, 6) is 6.01. The third kappa shape index (κ3) is 3.73. The number of furan rings is 1. The van der Waals surface area contributed by atoms with Crippen LogP contribution in [0.1, 0.15) is 27.9 Å². The normalized spacial score (nSPS) is 11.5. The van der Waals surface area contributed by atoms with Crippen molar-refractivity contribution in [1.29, 1.82) is 0 Å². The number of thiophene rings is 1. The van der Waals surface area contributed by atoms with E-state index < -0.39 is 0 Å². The first-order chi connectivity index (χ1) is 9.70. The topological polar surface area (TPSA) is 62.5 Å². The van der Waals surface area contributed by atoms with Crippen LogP contribution in [-0.4, -0.2) is 23.7 Å². The first-order valence-corrected chi connectivity index (χ1v) is 7.09. The van der Waals surface area contributed by atoms with E-state index in [-0.39, 0.29) is 18.6 Å². The highest BCUT2D eigenvalue weighted by atomic mass is 32.1. The Balaban J connectivity index is 1.99. The van der Waals surface area contributed by atoms with Crippen LogP contribution in [0.2, 0.25) is 0 Å². The van der Waals surface area contributed by atoms with Crippen molar-refractivity contribution in [3.63, 3.8) is 0 Å². The molecule has 4 nitrogen and oxygen atoms in total. The lowest BCUT2D eigenvalue weighted by Gasteiger charge is -2.11. The number of aliphatic hydroxyl groups excluding tert-OH is 1. The molecule has 2 aromatic heterocycles. The van der Waals surface area contributed by atoms with Gasteiger partial charge in [0.25, 0.3) is 5.91 Å². The lowest BCUT2D eigenvalue weighted by Crippen LogP contribution is -2.33. The van der Waals surface area contributed by atoms with Gasteiger partial charge in [-0.25, -0.2) is 0 Å². The van der Waals surface area contributed by atoms with E-state index in [2.05, 4.69) is 17.2 Å². The van der Waals surface area contributed by atoms with Crippen LogP contribution in [0, 0.1) is 11.8 Å². The zero-order chi connectivity index (χ0) is 14.4. The minimum Gasteiger partial charge on any atom is -0.469 e. The van der Waals surface area contributed by atoms with Crippen molar-refractivity contribution < 1.29 is 14.3 Å². The van der Waals surface area contributed by atoms with Gasteiger partial charge in [0, 0.05) is 18.0 Å². The van der Waals surface area contributed by atoms with E-state index in [1.165, 1.54) is 11.3 Å². The summed E-state index contributed by atoms with van der Waals surface area (Å²) in [7, 11) is 0. The van der Waals surface area contributed by atoms with Crippen molar-refractivity contribution >= 4 is 17.2 Å². The van der Waals surface area contributed by atoms with E-state index in [1.54, 1.807) is 12.3 Å². The first kappa shape index (κ1) is 14.4. The van der Waals surface area contributed by atoms with Gasteiger partial charge in [-0.1, -0.05) is 11.8 Å². The Labute approximate surface area is 121 Å². The molecule has 0 radical (unpaired) electrons. The summed E-state index contributed by atoms with van der Waals surface area (Å²) in [6, 6.07) is 5.45. The molecule has 0 aliphatic rings. The fraction of sp³-hybridized carbons (Fsp3) is 0.267. The van der Waals surface area contributed by atoms with Crippen LogP contribution >= 0.6 is 11.3 Å². The number of amides is 1. The van der Waals surface area contributed by atoms with Crippen molar-refractivity contribution in [1.82, 2.24) is 5.32 Å². The molecule has 104 valence electrons. The maximum Gasteiger partial charge on any atom is 0.262 e. The molecule has 20 heavy (non-hydrogen) atoms. The van der Waals surface area contributed by atoms with Crippen LogP contribution in [0.15, 0.2) is 34.3 Å². The van der Waals surface area contributed by atoms with E-state index in [1.807, 2.05) is 24.4 Å². The molecule has 0 aromatic carbocycles. The lowest BCUT2D eigenvalue weighted by molar-refractivity contribution is 0.0943. The van der Waals surface area contributed by atoms with Gasteiger partial charge in [0.2, 0.25) is 0 Å². The summed E-state index contributed by atoms with van der Waals surface area (Å²) in [5, 5.41) is 13.4. The summed E-state index contributed by atoms with van der Waals surface area (Å²) in [5.41, 5.74) is 0.645. The average molecular weight is 289 g/mol. The van der Waals surface area contributed by atoms with Crippen molar-refractivity contribution in [2.24, 2.45) is 0 Å². The molecule has 0 spiro atoms. The number of carbonyl (C=O) groups excluding carboxylic acids is 1. The summed E-state index contributed by atoms with van der Waals surface area (Å²) in [6.45, 7) is 1.71. The van der Waals surface area contributed by atoms with Crippen molar-refractivity contribution in [3.05, 3.63) is 46.0 Å². The molecule has 0 aliphatic carbocycles. The molecule has 0 saturated heterocycles. The molecule has 0 bridgehead atoms. The quantitative estimate of drug-likeness (QED) is 0.847. The summed E-state index contributed by atoms with van der Waals surface area (Å²) >= 11 is 1.34. The highest BCUT2D eigenvalue weighted by Gasteiger charge is 2.15. The van der Waals surface area contributed by atoms with Crippen molar-refractivity contribution in [2.45, 2.75) is 19.4 Å². The fourth-order valence-electron chi connectivity index (χ4n) is 1.79. The third-order valence-electron chi connectivity index (χ3n) is 2.64. The summed E-state index contributed by atoms with van der Waals surface area (Å²) in [4.78, 5) is 12.7. The standard InChI is InChI=1S/C15H15NO3S/c1-11(10-13-5-3-8-19-13)16-15(18)14-12(4-2-7-17)6-9-20-14/h3,5-6,8-9,11,17H,7,10H2,1H3,(H,16,18). The molecule has 0 saturated carbocycles. The molecule has 2 aromatic rings. The Morgan fingerprint density at radius 3 is 3.10 bits per heavy atom. The molecule has 0 fully saturated rings. The number of hydrogen-bond donors (Lipinski definition) is 2. The average Bonchev–Trinajstić information content (AvgIpc) is 3.06. The Morgan fingerprint density at radius 1 is 1.55 bits per heavy atom. The number of rotatable bonds is 4. The van der Waals surface area contributed by atoms with Gasteiger partial charge in [-0.3, -0.25) is 4.79 Å². The monoisotopic (exact) mass is 289 g/mol. The van der Waals surface area contributed by atoms with Gasteiger partial charge in [-0.05, 0) is 30.5 Å². The third-order valence-corrected chi connectivity index (χ3v) is 3.55. The van der Waals surface area contributed by atoms with E-state index in [0.717, 1.165) is 5.76 Å². The first-order valence-electron chi connectivity index (χ1n) is 6.21. The zero-order valence-electron chi connectivity index (χ0n) is 11.1. The number of carbonyl (C=O) groups is 1. The van der Waals surface area contributed by atoms with Crippen LogP contribution in [0.5, 0.6) is 0 Å². The van der Waals surface area contributed by atoms with Crippen molar-refractivity contribution in [3.8, 4) is 11.8 Å². The van der Waals surface area contributed by atoms with Crippen molar-refractivity contribution in [2.75, 3.05) is 6.61 Å². The van der Waals surface area contributed by atoms with Gasteiger partial charge in [-0.15, -0.1) is 11.3 Å². The molecular weight excluding hydrogens is 274 g/mol. The number of nitrogens with one attached hydrogen (secondary N) is 1. The highest BCUT2D eigenvalue weighted by Crippen LogP contribution is 2.16. The maximum absolute atomic E-state index is 12.2. The SMILES string of the molecule is CC(Cc1ccco1)NC(=O)c1sccc1C#CCO. The minimum atomic E-state index is -0.216. The molecule has 2 rings (SSSR count). The molecule has 1 atom stereocenters. The minimum absolute atomic E-state index is 0.0330. The second-order valence-electron chi connectivity index (χ2n) is 4.28. The second-order valence-corrected chi connectivity index (χ2v) is 5.20. The molecule has 0 aliphatic heterocycles. The predicted molar refractivity (Wildman–Crippen MR) is 77.6 cm³/mol. The van der Waals surface area contributed by atoms with Gasteiger partial charge in [0.15, 0.2) is 0 Å². The second kappa shape index (κ2) is 6.94. The van der Waals surface area contributed by atoms with Crippen LogP contribution in [0.3, 0.4) is 0 Å². The molecule has 1 amide bonds. The number of hydrogen-bond acceptors (Lipinski definition) is 4. The Kier molecular flexibility index (Phi) is 4.99. The molecule has 5 heteroatoms. The molecular formula is C15H15NO3S. The van der Waals surface area contributed by atoms with Gasteiger partial charge < -0.3 is 14.8 Å². The van der Waals surface area contributed by atoms with E-state index in [9.17, 15) is 4.79 Å². The highest BCUT2D eigenvalue weighted by molar-refractivity contribution is 7.12. The van der Waals surface area contributed by atoms with E-state index in [0.29, 0.717) is 16.9 Å². The fourth-order valence-corrected chi connectivity index (χ4v) is 2.54. The largest absolute Gasteiger partial charge is 0.469 e. The van der Waals surface area contributed by atoms with Gasteiger partial charge in [0.1, 0.15) is 17.2 Å². The van der Waals surface area contributed by atoms with Crippen LogP contribution in [0.25, 0.3) is 0 Å². The smallest absolute Gasteiger partial charge is 0.262 e. The van der Waals surface area contributed by atoms with Crippen LogP contribution < -0.4 is 5.32 Å². The Bertz CT molecular complexity index is 619. The van der Waals surface area contributed by atoms with Gasteiger partial charge in [-0.2, -0.15) is 0 Å². The Morgan fingerprint density at radius 2 is 2.40 bits per heavy atom. The van der Waals surface area contributed by atoms with Gasteiger partial charge >= 0.3 is 0 Å². The number of aliphatic hydroxyl groups is 1. The lowest BCUT2D eigenvalue weighted by atomic mass is 10.2. The van der Waals surface area contributed by atoms with Crippen LogP contribution in [-0.2, 0) is 6.42 Å². The molecule has 2 heterocycles. The molecule has 1 unspecified atom stereocenters. The zero-order valence-corrected chi connectivity index (χ0v) is 11.9. The molecule has 2 N–H and O–H groups in total. The van der Waals surface area contributed by atoms with E-state index >= 15 is 0 Å². The maximum atomic E-state index is 12.2. The summed E-state index contributed by atoms with van der Waals surface area (Å²) < 4.78 is 5.25. The summed E-state index contributed by atoms with van der Waals surface area (Å²) in [6.07, 6.45) is 2.26. The predicted octanol–water partition coefficient (Wildman–Crippen LogP) is 2.05. The van der Waals surface area contributed by atoms with E-state index in [4.69, 9.17) is 9.52 Å².